The molecule has 0 aliphatic heterocycles. The van der Waals surface area contributed by atoms with E-state index in [-0.39, 0.29) is 11.8 Å². The van der Waals surface area contributed by atoms with E-state index in [1.54, 1.807) is 7.05 Å². The third-order valence-electron chi connectivity index (χ3n) is 2.29. The molecule has 0 heterocycles. The third-order valence-corrected chi connectivity index (χ3v) is 2.52. The zero-order valence-corrected chi connectivity index (χ0v) is 11.2. The van der Waals surface area contributed by atoms with E-state index < -0.39 is 0 Å². The van der Waals surface area contributed by atoms with E-state index in [2.05, 4.69) is 13.8 Å². The summed E-state index contributed by atoms with van der Waals surface area (Å²) in [7, 11) is 1.70. The van der Waals surface area contributed by atoms with Crippen molar-refractivity contribution in [1.29, 1.82) is 0 Å². The number of hydrogen-bond acceptors (Lipinski definition) is 2. The highest BCUT2D eigenvalue weighted by atomic mass is 35.5. The average Bonchev–Trinajstić information content (AvgIpc) is 2.34. The van der Waals surface area contributed by atoms with Crippen LogP contribution in [0.2, 0.25) is 0 Å². The topological polar surface area (TPSA) is 29.5 Å². The van der Waals surface area contributed by atoms with Crippen molar-refractivity contribution in [2.45, 2.75) is 13.8 Å². The van der Waals surface area contributed by atoms with Gasteiger partial charge >= 0.3 is 0 Å². The minimum absolute atomic E-state index is 0.0327. The number of amides is 1. The van der Waals surface area contributed by atoms with Crippen LogP contribution >= 0.6 is 11.6 Å². The van der Waals surface area contributed by atoms with E-state index in [1.165, 1.54) is 4.90 Å². The number of nitrogens with zero attached hydrogens (tertiary/aromatic N) is 1. The summed E-state index contributed by atoms with van der Waals surface area (Å²) in [6.07, 6.45) is 0. The van der Waals surface area contributed by atoms with Gasteiger partial charge < -0.3 is 9.64 Å². The van der Waals surface area contributed by atoms with Gasteiger partial charge in [0.15, 0.2) is 0 Å². The molecule has 94 valence electrons. The van der Waals surface area contributed by atoms with Crippen molar-refractivity contribution in [3.05, 3.63) is 24.3 Å². The molecule has 0 spiro atoms. The van der Waals surface area contributed by atoms with Gasteiger partial charge in [0.25, 0.3) is 0 Å². The van der Waals surface area contributed by atoms with Crippen LogP contribution in [0.5, 0.6) is 5.75 Å². The van der Waals surface area contributed by atoms with Crippen LogP contribution < -0.4 is 9.64 Å². The van der Waals surface area contributed by atoms with Gasteiger partial charge in [0.2, 0.25) is 5.91 Å². The molecule has 0 unspecified atom stereocenters. The van der Waals surface area contributed by atoms with Crippen molar-refractivity contribution in [1.82, 2.24) is 0 Å². The fraction of sp³-hybridized carbons (Fsp3) is 0.462. The molecular formula is C13H18ClNO2. The Labute approximate surface area is 107 Å². The van der Waals surface area contributed by atoms with Crippen LogP contribution in [0.1, 0.15) is 13.8 Å². The molecule has 0 N–H and O–H groups in total. The van der Waals surface area contributed by atoms with Gasteiger partial charge in [0.05, 0.1) is 12.3 Å². The van der Waals surface area contributed by atoms with Crippen LogP contribution in [0, 0.1) is 5.92 Å². The summed E-state index contributed by atoms with van der Waals surface area (Å²) in [5.41, 5.74) is 0.749. The lowest BCUT2D eigenvalue weighted by atomic mass is 10.2. The lowest BCUT2D eigenvalue weighted by Crippen LogP contribution is -2.27. The van der Waals surface area contributed by atoms with Crippen molar-refractivity contribution in [3.63, 3.8) is 0 Å². The summed E-state index contributed by atoms with van der Waals surface area (Å²) in [5.74, 6) is 0.973. The molecule has 3 nitrogen and oxygen atoms in total. The zero-order chi connectivity index (χ0) is 12.8. The molecule has 0 bridgehead atoms. The van der Waals surface area contributed by atoms with Gasteiger partial charge in [-0.05, 0) is 18.1 Å². The van der Waals surface area contributed by atoms with Gasteiger partial charge in [0, 0.05) is 7.05 Å². The third kappa shape index (κ3) is 3.93. The van der Waals surface area contributed by atoms with Crippen molar-refractivity contribution in [2.24, 2.45) is 5.92 Å². The van der Waals surface area contributed by atoms with Crippen LogP contribution in [0.15, 0.2) is 24.3 Å². The highest BCUT2D eigenvalue weighted by molar-refractivity contribution is 6.29. The standard InChI is InChI=1S/C13H18ClNO2/c1-10(2)9-17-12-7-5-4-6-11(12)15(3)13(16)8-14/h4-7,10H,8-9H2,1-3H3. The Morgan fingerprint density at radius 3 is 2.65 bits per heavy atom. The van der Waals surface area contributed by atoms with Crippen LogP contribution in [0.3, 0.4) is 0 Å². The quantitative estimate of drug-likeness (QED) is 0.757. The number of ether oxygens (including phenoxy) is 1. The molecule has 1 rings (SSSR count). The van der Waals surface area contributed by atoms with Gasteiger partial charge in [-0.3, -0.25) is 4.79 Å². The second-order valence-electron chi connectivity index (χ2n) is 4.26. The van der Waals surface area contributed by atoms with Crippen molar-refractivity contribution < 1.29 is 9.53 Å². The minimum atomic E-state index is -0.146. The monoisotopic (exact) mass is 255 g/mol. The molecular weight excluding hydrogens is 238 g/mol. The van der Waals surface area contributed by atoms with E-state index >= 15 is 0 Å². The lowest BCUT2D eigenvalue weighted by molar-refractivity contribution is -0.116. The second-order valence-corrected chi connectivity index (χ2v) is 4.53. The summed E-state index contributed by atoms with van der Waals surface area (Å²) in [6.45, 7) is 4.78. The molecule has 1 aromatic rings. The predicted molar refractivity (Wildman–Crippen MR) is 70.9 cm³/mol. The number of para-hydroxylation sites is 2. The lowest BCUT2D eigenvalue weighted by Gasteiger charge is -2.20. The van der Waals surface area contributed by atoms with Crippen LogP contribution in [-0.4, -0.2) is 25.4 Å². The molecule has 0 aliphatic rings. The molecule has 0 atom stereocenters. The second kappa shape index (κ2) is 6.50. The van der Waals surface area contributed by atoms with Crippen molar-refractivity contribution in [3.8, 4) is 5.75 Å². The predicted octanol–water partition coefficient (Wildman–Crippen LogP) is 2.92. The van der Waals surface area contributed by atoms with Crippen LogP contribution in [0.4, 0.5) is 5.69 Å². The molecule has 17 heavy (non-hydrogen) atoms. The molecule has 0 saturated carbocycles. The SMILES string of the molecule is CC(C)COc1ccccc1N(C)C(=O)CCl. The summed E-state index contributed by atoms with van der Waals surface area (Å²) in [4.78, 5) is 13.1. The Balaban J connectivity index is 2.87. The molecule has 0 aromatic heterocycles. The number of carbonyl (C=O) groups excluding carboxylic acids is 1. The van der Waals surface area contributed by atoms with E-state index in [0.29, 0.717) is 18.3 Å². The average molecular weight is 256 g/mol. The minimum Gasteiger partial charge on any atom is -0.491 e. The Morgan fingerprint density at radius 1 is 1.41 bits per heavy atom. The maximum atomic E-state index is 11.5. The summed E-state index contributed by atoms with van der Waals surface area (Å²) in [6, 6.07) is 7.46. The van der Waals surface area contributed by atoms with E-state index in [0.717, 1.165) is 5.69 Å². The van der Waals surface area contributed by atoms with Gasteiger partial charge in [-0.2, -0.15) is 0 Å². The maximum Gasteiger partial charge on any atom is 0.241 e. The first kappa shape index (κ1) is 13.8. The summed E-state index contributed by atoms with van der Waals surface area (Å²) >= 11 is 5.54. The highest BCUT2D eigenvalue weighted by Crippen LogP contribution is 2.27. The molecule has 1 aromatic carbocycles. The normalized spacial score (nSPS) is 10.4. The fourth-order valence-corrected chi connectivity index (χ4v) is 1.52. The number of benzene rings is 1. The maximum absolute atomic E-state index is 11.5. The zero-order valence-electron chi connectivity index (χ0n) is 10.4. The first-order valence-electron chi connectivity index (χ1n) is 5.60. The number of hydrogen-bond donors (Lipinski definition) is 0. The van der Waals surface area contributed by atoms with Crippen LogP contribution in [0.25, 0.3) is 0 Å². The fourth-order valence-electron chi connectivity index (χ4n) is 1.34. The molecule has 0 radical (unpaired) electrons. The first-order valence-corrected chi connectivity index (χ1v) is 6.14. The Morgan fingerprint density at radius 2 is 2.06 bits per heavy atom. The van der Waals surface area contributed by atoms with Gasteiger partial charge in [0.1, 0.15) is 11.6 Å². The summed E-state index contributed by atoms with van der Waals surface area (Å²) < 4.78 is 5.68. The molecule has 0 aliphatic carbocycles. The number of alkyl halides is 1. The Kier molecular flexibility index (Phi) is 5.29. The number of rotatable bonds is 5. The van der Waals surface area contributed by atoms with Gasteiger partial charge in [-0.1, -0.05) is 26.0 Å². The van der Waals surface area contributed by atoms with Crippen molar-refractivity contribution >= 4 is 23.2 Å². The van der Waals surface area contributed by atoms with E-state index in [1.807, 2.05) is 24.3 Å². The molecule has 0 saturated heterocycles. The molecule has 4 heteroatoms. The highest BCUT2D eigenvalue weighted by Gasteiger charge is 2.14. The largest absolute Gasteiger partial charge is 0.491 e. The first-order chi connectivity index (χ1) is 8.06. The smallest absolute Gasteiger partial charge is 0.241 e. The number of carbonyl (C=O) groups is 1. The van der Waals surface area contributed by atoms with Gasteiger partial charge in [-0.25, -0.2) is 0 Å². The number of halogens is 1. The van der Waals surface area contributed by atoms with E-state index in [9.17, 15) is 4.79 Å². The number of anilines is 1. The van der Waals surface area contributed by atoms with Crippen molar-refractivity contribution in [2.75, 3.05) is 24.4 Å². The Hall–Kier alpha value is -1.22. The molecule has 0 fully saturated rings. The molecule has 1 amide bonds. The van der Waals surface area contributed by atoms with Gasteiger partial charge in [-0.15, -0.1) is 11.6 Å². The van der Waals surface area contributed by atoms with E-state index in [4.69, 9.17) is 16.3 Å². The summed E-state index contributed by atoms with van der Waals surface area (Å²) in [5, 5.41) is 0. The Bertz CT molecular complexity index is 379. The van der Waals surface area contributed by atoms with Crippen LogP contribution in [-0.2, 0) is 4.79 Å².